The molecule has 0 aliphatic heterocycles. The van der Waals surface area contributed by atoms with Gasteiger partial charge in [-0.1, -0.05) is 23.8 Å². The third-order valence-electron chi connectivity index (χ3n) is 3.71. The van der Waals surface area contributed by atoms with E-state index < -0.39 is 39.2 Å². The first-order valence-corrected chi connectivity index (χ1v) is 9.81. The molecule has 0 fully saturated rings. The molecular weight excluding hydrogens is 364 g/mol. The Bertz CT molecular complexity index is 845. The van der Waals surface area contributed by atoms with Crippen LogP contribution in [0.1, 0.15) is 23.3 Å². The molecular formula is C16H18N2O5S2. The molecule has 0 unspecified atom stereocenters. The van der Waals surface area contributed by atoms with Crippen LogP contribution in [0.15, 0.2) is 46.7 Å². The van der Waals surface area contributed by atoms with Gasteiger partial charge in [-0.15, -0.1) is 11.3 Å². The number of hydrogen-bond donors (Lipinski definition) is 1. The molecule has 134 valence electrons. The normalized spacial score (nSPS) is 14.0. The second-order valence-electron chi connectivity index (χ2n) is 5.66. The van der Waals surface area contributed by atoms with Crippen molar-refractivity contribution in [2.24, 2.45) is 0 Å². The van der Waals surface area contributed by atoms with E-state index in [9.17, 15) is 23.3 Å². The summed E-state index contributed by atoms with van der Waals surface area (Å²) in [7, 11) is -3.98. The minimum Gasteiger partial charge on any atom is -0.298 e. The van der Waals surface area contributed by atoms with Crippen LogP contribution in [0, 0.1) is 17.0 Å². The van der Waals surface area contributed by atoms with E-state index in [2.05, 4.69) is 4.72 Å². The van der Waals surface area contributed by atoms with Gasteiger partial charge in [-0.25, -0.2) is 8.42 Å². The highest BCUT2D eigenvalue weighted by Crippen LogP contribution is 2.26. The van der Waals surface area contributed by atoms with Crippen molar-refractivity contribution >= 4 is 27.1 Å². The summed E-state index contributed by atoms with van der Waals surface area (Å²) in [6, 6.07) is 8.31. The lowest BCUT2D eigenvalue weighted by Crippen LogP contribution is -2.45. The molecule has 0 bridgehead atoms. The van der Waals surface area contributed by atoms with E-state index in [1.54, 1.807) is 29.6 Å². The zero-order chi connectivity index (χ0) is 18.6. The fraction of sp³-hybridized carbons (Fsp3) is 0.312. The number of sulfonamides is 1. The zero-order valence-corrected chi connectivity index (χ0v) is 15.3. The minimum absolute atomic E-state index is 0.00961. The topological polar surface area (TPSA) is 106 Å². The first kappa shape index (κ1) is 19.2. The lowest BCUT2D eigenvalue weighted by Gasteiger charge is -2.22. The Morgan fingerprint density at radius 2 is 1.92 bits per heavy atom. The van der Waals surface area contributed by atoms with Crippen molar-refractivity contribution in [2.75, 3.05) is 6.54 Å². The van der Waals surface area contributed by atoms with E-state index in [0.717, 1.165) is 5.56 Å². The van der Waals surface area contributed by atoms with Gasteiger partial charge in [-0.05, 0) is 37.4 Å². The Kier molecular flexibility index (Phi) is 6.04. The van der Waals surface area contributed by atoms with Crippen molar-refractivity contribution in [3.63, 3.8) is 0 Å². The molecule has 0 saturated carbocycles. The molecule has 0 aliphatic carbocycles. The molecule has 0 amide bonds. The molecule has 0 saturated heterocycles. The van der Waals surface area contributed by atoms with Gasteiger partial charge in [0.15, 0.2) is 0 Å². The van der Waals surface area contributed by atoms with Gasteiger partial charge in [0.05, 0.1) is 16.9 Å². The maximum Gasteiger partial charge on any atom is 0.241 e. The molecule has 1 N–H and O–H groups in total. The van der Waals surface area contributed by atoms with Crippen molar-refractivity contribution in [1.29, 1.82) is 0 Å². The van der Waals surface area contributed by atoms with Crippen LogP contribution in [-0.4, -0.2) is 31.7 Å². The third-order valence-corrected chi connectivity index (χ3v) is 6.17. The Labute approximate surface area is 149 Å². The highest BCUT2D eigenvalue weighted by atomic mass is 32.2. The highest BCUT2D eigenvalue weighted by Gasteiger charge is 2.35. The number of carbonyl (C=O) groups is 1. The monoisotopic (exact) mass is 382 g/mol. The quantitative estimate of drug-likeness (QED) is 0.557. The van der Waals surface area contributed by atoms with Gasteiger partial charge in [0.1, 0.15) is 5.78 Å². The van der Waals surface area contributed by atoms with E-state index in [-0.39, 0.29) is 4.90 Å². The predicted octanol–water partition coefficient (Wildman–Crippen LogP) is 2.35. The van der Waals surface area contributed by atoms with Gasteiger partial charge < -0.3 is 0 Å². The van der Waals surface area contributed by atoms with Crippen LogP contribution in [0.4, 0.5) is 0 Å². The van der Waals surface area contributed by atoms with Crippen molar-refractivity contribution in [2.45, 2.75) is 30.7 Å². The lowest BCUT2D eigenvalue weighted by atomic mass is 9.96. The highest BCUT2D eigenvalue weighted by molar-refractivity contribution is 7.89. The van der Waals surface area contributed by atoms with Crippen molar-refractivity contribution in [1.82, 2.24) is 4.72 Å². The number of rotatable bonds is 8. The first-order chi connectivity index (χ1) is 11.7. The lowest BCUT2D eigenvalue weighted by molar-refractivity contribution is -0.483. The maximum absolute atomic E-state index is 12.6. The van der Waals surface area contributed by atoms with E-state index in [1.807, 2.05) is 6.92 Å². The fourth-order valence-corrected chi connectivity index (χ4v) is 4.58. The van der Waals surface area contributed by atoms with Crippen molar-refractivity contribution < 1.29 is 18.1 Å². The second kappa shape index (κ2) is 7.85. The van der Waals surface area contributed by atoms with E-state index >= 15 is 0 Å². The molecule has 2 rings (SSSR count). The number of hydrogen-bond acceptors (Lipinski definition) is 6. The summed E-state index contributed by atoms with van der Waals surface area (Å²) in [5.41, 5.74) is 0.895. The summed E-state index contributed by atoms with van der Waals surface area (Å²) in [5, 5.41) is 12.8. The Hall–Kier alpha value is -2.10. The predicted molar refractivity (Wildman–Crippen MR) is 94.9 cm³/mol. The zero-order valence-electron chi connectivity index (χ0n) is 13.7. The van der Waals surface area contributed by atoms with Gasteiger partial charge in [0.25, 0.3) is 0 Å². The molecule has 2 aromatic rings. The van der Waals surface area contributed by atoms with Gasteiger partial charge >= 0.3 is 0 Å². The van der Waals surface area contributed by atoms with Crippen LogP contribution >= 0.6 is 11.3 Å². The summed E-state index contributed by atoms with van der Waals surface area (Å²) < 4.78 is 27.5. The molecule has 9 heteroatoms. The number of nitrogens with one attached hydrogen (secondary N) is 1. The Morgan fingerprint density at radius 1 is 1.28 bits per heavy atom. The van der Waals surface area contributed by atoms with Crippen LogP contribution in [0.2, 0.25) is 0 Å². The standard InChI is InChI=1S/C16H18N2O5S2/c1-11-5-7-13(8-6-11)25(22,23)17-16(12(2)19)14(10-18(20)21)15-4-3-9-24-15/h3-9,14,16-17H,10H2,1-2H3/t14-,16+/m0/s1. The molecule has 7 nitrogen and oxygen atoms in total. The Morgan fingerprint density at radius 3 is 2.40 bits per heavy atom. The van der Waals surface area contributed by atoms with E-state index in [4.69, 9.17) is 0 Å². The summed E-state index contributed by atoms with van der Waals surface area (Å²) in [5.74, 6) is -1.34. The second-order valence-corrected chi connectivity index (χ2v) is 8.35. The van der Waals surface area contributed by atoms with Gasteiger partial charge in [-0.2, -0.15) is 4.72 Å². The number of ketones is 1. The molecule has 0 spiro atoms. The molecule has 25 heavy (non-hydrogen) atoms. The van der Waals surface area contributed by atoms with Gasteiger partial charge in [-0.3, -0.25) is 14.9 Å². The molecule has 2 atom stereocenters. The number of carbonyl (C=O) groups excluding carboxylic acids is 1. The van der Waals surface area contributed by atoms with Crippen LogP contribution in [0.3, 0.4) is 0 Å². The smallest absolute Gasteiger partial charge is 0.241 e. The molecule has 0 radical (unpaired) electrons. The minimum atomic E-state index is -3.98. The summed E-state index contributed by atoms with van der Waals surface area (Å²) in [4.78, 5) is 23.2. The average Bonchev–Trinajstić information content (AvgIpc) is 3.05. The largest absolute Gasteiger partial charge is 0.298 e. The van der Waals surface area contributed by atoms with Crippen molar-refractivity contribution in [3.05, 3.63) is 62.3 Å². The van der Waals surface area contributed by atoms with E-state index in [1.165, 1.54) is 30.4 Å². The molecule has 0 aliphatic rings. The number of Topliss-reactive ketones (excluding diaryl/α,β-unsaturated/α-hetero) is 1. The van der Waals surface area contributed by atoms with Crippen LogP contribution in [-0.2, 0) is 14.8 Å². The first-order valence-electron chi connectivity index (χ1n) is 7.45. The Balaban J connectivity index is 2.37. The maximum atomic E-state index is 12.6. The molecule has 1 aromatic heterocycles. The SMILES string of the molecule is CC(=O)[C@@H](NS(=O)(=O)c1ccc(C)cc1)[C@@H](C[N+](=O)[O-])c1cccs1. The fourth-order valence-electron chi connectivity index (χ4n) is 2.42. The summed E-state index contributed by atoms with van der Waals surface area (Å²) in [6.07, 6.45) is 0. The molecule has 1 aromatic carbocycles. The number of thiophene rings is 1. The summed E-state index contributed by atoms with van der Waals surface area (Å²) >= 11 is 1.25. The number of nitro groups is 1. The molecule has 1 heterocycles. The number of nitrogens with zero attached hydrogens (tertiary/aromatic N) is 1. The van der Waals surface area contributed by atoms with Crippen molar-refractivity contribution in [3.8, 4) is 0 Å². The van der Waals surface area contributed by atoms with Gasteiger partial charge in [0, 0.05) is 9.80 Å². The van der Waals surface area contributed by atoms with Crippen LogP contribution in [0.5, 0.6) is 0 Å². The number of aryl methyl sites for hydroxylation is 1. The average molecular weight is 382 g/mol. The third kappa shape index (κ3) is 4.94. The van der Waals surface area contributed by atoms with Gasteiger partial charge in [0.2, 0.25) is 16.6 Å². The summed E-state index contributed by atoms with van der Waals surface area (Å²) in [6.45, 7) is 2.51. The van der Waals surface area contributed by atoms with Crippen LogP contribution in [0.25, 0.3) is 0 Å². The number of benzene rings is 1. The van der Waals surface area contributed by atoms with E-state index in [0.29, 0.717) is 4.88 Å². The van der Waals surface area contributed by atoms with Crippen LogP contribution < -0.4 is 4.72 Å².